The van der Waals surface area contributed by atoms with Crippen LogP contribution in [0.25, 0.3) is 5.69 Å². The van der Waals surface area contributed by atoms with Gasteiger partial charge in [-0.3, -0.25) is 14.3 Å². The zero-order valence-corrected chi connectivity index (χ0v) is 19.0. The first kappa shape index (κ1) is 22.9. The molecule has 0 N–H and O–H groups in total. The summed E-state index contributed by atoms with van der Waals surface area (Å²) < 4.78 is 14.5. The van der Waals surface area contributed by atoms with Crippen LogP contribution in [0.2, 0.25) is 0 Å². The Morgan fingerprint density at radius 3 is 2.73 bits per heavy atom. The van der Waals surface area contributed by atoms with Crippen molar-refractivity contribution in [2.75, 3.05) is 13.2 Å². The lowest BCUT2D eigenvalue weighted by molar-refractivity contribution is -0.145. The Labute approximate surface area is 193 Å². The molecule has 1 aliphatic carbocycles. The topological polar surface area (TPSA) is 88.2 Å². The van der Waals surface area contributed by atoms with E-state index in [2.05, 4.69) is 10.2 Å². The number of aryl methyl sites for hydroxylation is 1. The van der Waals surface area contributed by atoms with Crippen molar-refractivity contribution >= 4 is 5.97 Å². The number of hydrogen-bond acceptors (Lipinski definition) is 6. The first-order chi connectivity index (χ1) is 16.1. The Morgan fingerprint density at radius 2 is 1.94 bits per heavy atom. The number of carbonyl (C=O) groups excluding carboxylic acids is 1. The molecule has 1 saturated carbocycles. The molecule has 0 radical (unpaired) electrons. The van der Waals surface area contributed by atoms with Gasteiger partial charge in [0.05, 0.1) is 31.5 Å². The quantitative estimate of drug-likeness (QED) is 0.368. The van der Waals surface area contributed by atoms with E-state index in [0.717, 1.165) is 29.7 Å². The van der Waals surface area contributed by atoms with Crippen LogP contribution in [0.4, 0.5) is 0 Å². The fourth-order valence-corrected chi connectivity index (χ4v) is 4.10. The van der Waals surface area contributed by atoms with E-state index in [1.54, 1.807) is 21.8 Å². The van der Waals surface area contributed by atoms with E-state index in [-0.39, 0.29) is 24.4 Å². The smallest absolute Gasteiger partial charge is 0.310 e. The lowest BCUT2D eigenvalue weighted by atomic mass is 9.98. The van der Waals surface area contributed by atoms with Gasteiger partial charge in [-0.25, -0.2) is 4.68 Å². The zero-order chi connectivity index (χ0) is 23.0. The summed E-state index contributed by atoms with van der Waals surface area (Å²) in [7, 11) is 1.83. The van der Waals surface area contributed by atoms with Gasteiger partial charge in [0.25, 0.3) is 0 Å². The Bertz CT molecular complexity index is 1130. The number of carbonyl (C=O) groups is 1. The van der Waals surface area contributed by atoms with Gasteiger partial charge in [-0.2, -0.15) is 10.2 Å². The van der Waals surface area contributed by atoms with E-state index < -0.39 is 0 Å². The van der Waals surface area contributed by atoms with Gasteiger partial charge in [0.2, 0.25) is 5.43 Å². The highest BCUT2D eigenvalue weighted by Gasteiger charge is 2.14. The van der Waals surface area contributed by atoms with Crippen molar-refractivity contribution in [2.24, 2.45) is 7.05 Å². The highest BCUT2D eigenvalue weighted by molar-refractivity contribution is 5.72. The highest BCUT2D eigenvalue weighted by atomic mass is 16.6. The molecule has 1 aliphatic rings. The second-order valence-electron chi connectivity index (χ2n) is 8.47. The number of ether oxygens (including phenoxy) is 2. The van der Waals surface area contributed by atoms with E-state index in [0.29, 0.717) is 24.8 Å². The highest BCUT2D eigenvalue weighted by Crippen LogP contribution is 2.20. The normalized spacial score (nSPS) is 14.3. The van der Waals surface area contributed by atoms with Crippen LogP contribution in [-0.2, 0) is 34.2 Å². The summed E-state index contributed by atoms with van der Waals surface area (Å²) in [5.41, 5.74) is 2.84. The summed E-state index contributed by atoms with van der Waals surface area (Å²) in [5, 5.41) is 8.62. The second kappa shape index (κ2) is 11.0. The number of nitrogens with zero attached hydrogens (tertiary/aromatic N) is 4. The van der Waals surface area contributed by atoms with Crippen LogP contribution < -0.4 is 5.43 Å². The molecule has 1 aromatic carbocycles. The average molecular weight is 451 g/mol. The molecule has 0 amide bonds. The van der Waals surface area contributed by atoms with E-state index >= 15 is 0 Å². The van der Waals surface area contributed by atoms with Crippen LogP contribution in [0, 0.1) is 0 Å². The van der Waals surface area contributed by atoms with Crippen LogP contribution in [-0.4, -0.2) is 44.8 Å². The van der Waals surface area contributed by atoms with Crippen LogP contribution >= 0.6 is 0 Å². The largest absolute Gasteiger partial charge is 0.463 e. The van der Waals surface area contributed by atoms with Gasteiger partial charge in [-0.15, -0.1) is 0 Å². The van der Waals surface area contributed by atoms with Crippen molar-refractivity contribution in [2.45, 2.75) is 51.0 Å². The Hall–Kier alpha value is -3.26. The zero-order valence-electron chi connectivity index (χ0n) is 19.0. The molecule has 0 bridgehead atoms. The molecule has 0 aliphatic heterocycles. The molecular weight excluding hydrogens is 420 g/mol. The summed E-state index contributed by atoms with van der Waals surface area (Å²) in [5.74, 6) is -0.281. The van der Waals surface area contributed by atoms with Crippen molar-refractivity contribution in [1.82, 2.24) is 19.6 Å². The number of aromatic nitrogens is 4. The van der Waals surface area contributed by atoms with E-state index in [9.17, 15) is 9.59 Å². The molecule has 3 aromatic rings. The number of esters is 1. The lowest BCUT2D eigenvalue weighted by Gasteiger charge is -2.21. The van der Waals surface area contributed by atoms with Crippen LogP contribution in [0.1, 0.15) is 48.9 Å². The third kappa shape index (κ3) is 6.61. The van der Waals surface area contributed by atoms with E-state index in [4.69, 9.17) is 9.47 Å². The summed E-state index contributed by atoms with van der Waals surface area (Å²) in [6, 6.07) is 9.12. The molecule has 33 heavy (non-hydrogen) atoms. The predicted octanol–water partition coefficient (Wildman–Crippen LogP) is 2.99. The maximum absolute atomic E-state index is 12.4. The fraction of sp³-hybridized carbons (Fsp3) is 0.440. The Kier molecular flexibility index (Phi) is 7.67. The van der Waals surface area contributed by atoms with Crippen molar-refractivity contribution in [3.63, 3.8) is 0 Å². The standard InChI is InChI=1S/C25H30N4O4/c1-28-18-21(17-26-28)29-11-10-24(30)23(27-29)15-19-6-5-7-20(14-19)16-25(31)33-13-12-32-22-8-3-2-4-9-22/h5-7,10-11,14,17-18,22H,2-4,8-9,12-13,15-16H2,1H3. The molecule has 0 saturated heterocycles. The molecule has 1 fully saturated rings. The van der Waals surface area contributed by atoms with E-state index in [1.807, 2.05) is 37.5 Å². The summed E-state index contributed by atoms with van der Waals surface area (Å²) in [6.45, 7) is 0.718. The molecule has 4 rings (SSSR count). The maximum atomic E-state index is 12.4. The molecule has 0 spiro atoms. The van der Waals surface area contributed by atoms with Crippen molar-refractivity contribution < 1.29 is 14.3 Å². The molecule has 0 atom stereocenters. The minimum Gasteiger partial charge on any atom is -0.463 e. The molecule has 2 heterocycles. The average Bonchev–Trinajstić information content (AvgIpc) is 3.25. The fourth-order valence-electron chi connectivity index (χ4n) is 4.10. The minimum atomic E-state index is -0.281. The van der Waals surface area contributed by atoms with Gasteiger partial charge in [-0.1, -0.05) is 43.5 Å². The summed E-state index contributed by atoms with van der Waals surface area (Å²) in [6.07, 6.45) is 11.9. The minimum absolute atomic E-state index is 0.127. The van der Waals surface area contributed by atoms with Gasteiger partial charge in [0.1, 0.15) is 18.0 Å². The van der Waals surface area contributed by atoms with Gasteiger partial charge in [0, 0.05) is 25.7 Å². The first-order valence-electron chi connectivity index (χ1n) is 11.5. The van der Waals surface area contributed by atoms with Crippen molar-refractivity contribution in [1.29, 1.82) is 0 Å². The molecule has 0 unspecified atom stereocenters. The van der Waals surface area contributed by atoms with Crippen LogP contribution in [0.5, 0.6) is 0 Å². The molecule has 8 nitrogen and oxygen atoms in total. The Balaban J connectivity index is 1.31. The SMILES string of the molecule is Cn1cc(-n2ccc(=O)c(Cc3cccc(CC(=O)OCCOC4CCCCC4)c3)n2)cn1. The third-order valence-corrected chi connectivity index (χ3v) is 5.80. The van der Waals surface area contributed by atoms with Crippen molar-refractivity contribution in [3.8, 4) is 5.69 Å². The number of benzene rings is 1. The summed E-state index contributed by atoms with van der Waals surface area (Å²) >= 11 is 0. The maximum Gasteiger partial charge on any atom is 0.310 e. The van der Waals surface area contributed by atoms with Gasteiger partial charge in [-0.05, 0) is 24.0 Å². The Morgan fingerprint density at radius 1 is 1.12 bits per heavy atom. The predicted molar refractivity (Wildman–Crippen MR) is 123 cm³/mol. The van der Waals surface area contributed by atoms with Gasteiger partial charge >= 0.3 is 5.97 Å². The third-order valence-electron chi connectivity index (χ3n) is 5.80. The second-order valence-corrected chi connectivity index (χ2v) is 8.47. The van der Waals surface area contributed by atoms with Gasteiger partial charge < -0.3 is 9.47 Å². The molecule has 2 aromatic heterocycles. The monoisotopic (exact) mass is 450 g/mol. The number of hydrogen-bond donors (Lipinski definition) is 0. The summed E-state index contributed by atoms with van der Waals surface area (Å²) in [4.78, 5) is 24.6. The van der Waals surface area contributed by atoms with E-state index in [1.165, 1.54) is 25.3 Å². The molecular formula is C25H30N4O4. The molecule has 8 heteroatoms. The lowest BCUT2D eigenvalue weighted by Crippen LogP contribution is -2.20. The number of rotatable bonds is 9. The van der Waals surface area contributed by atoms with Crippen LogP contribution in [0.3, 0.4) is 0 Å². The molecule has 174 valence electrons. The van der Waals surface area contributed by atoms with Crippen molar-refractivity contribution in [3.05, 3.63) is 76.0 Å². The first-order valence-corrected chi connectivity index (χ1v) is 11.5. The van der Waals surface area contributed by atoms with Gasteiger partial charge in [0.15, 0.2) is 0 Å². The van der Waals surface area contributed by atoms with Crippen LogP contribution in [0.15, 0.2) is 53.7 Å².